The van der Waals surface area contributed by atoms with E-state index in [1.807, 2.05) is 0 Å². The number of hydrogen-bond acceptors (Lipinski definition) is 8. The summed E-state index contributed by atoms with van der Waals surface area (Å²) >= 11 is 0. The molecule has 0 fully saturated rings. The van der Waals surface area contributed by atoms with Crippen molar-refractivity contribution in [3.8, 4) is 11.5 Å². The van der Waals surface area contributed by atoms with Gasteiger partial charge < -0.3 is 17.5 Å². The summed E-state index contributed by atoms with van der Waals surface area (Å²) in [4.78, 5) is 0. The van der Waals surface area contributed by atoms with Crippen LogP contribution in [0.1, 0.15) is 0 Å². The SMILES string of the molecule is O=S(=O)([O-])Oc1ccccc1OS(=O)(=O)[O-].[Na+].[Na+]. The van der Waals surface area contributed by atoms with Crippen LogP contribution >= 0.6 is 0 Å². The van der Waals surface area contributed by atoms with Crippen LogP contribution in [0.15, 0.2) is 24.3 Å². The van der Waals surface area contributed by atoms with Gasteiger partial charge in [0.05, 0.1) is 0 Å². The largest absolute Gasteiger partial charge is 1.00 e. The Balaban J connectivity index is 0. The number of hydrogen-bond donors (Lipinski definition) is 0. The van der Waals surface area contributed by atoms with Crippen LogP contribution < -0.4 is 67.5 Å². The third-order valence-electron chi connectivity index (χ3n) is 1.23. The molecule has 0 saturated carbocycles. The van der Waals surface area contributed by atoms with E-state index in [0.717, 1.165) is 12.1 Å². The number of benzene rings is 1. The van der Waals surface area contributed by atoms with Crippen LogP contribution in [0.4, 0.5) is 0 Å². The Kier molecular flexibility index (Phi) is 9.36. The van der Waals surface area contributed by atoms with Crippen LogP contribution in [0.3, 0.4) is 0 Å². The zero-order valence-corrected chi connectivity index (χ0v) is 15.0. The minimum absolute atomic E-state index is 0. The zero-order chi connectivity index (χ0) is 12.4. The average Bonchev–Trinajstić information content (AvgIpc) is 2.03. The molecule has 18 heavy (non-hydrogen) atoms. The topological polar surface area (TPSA) is 133 Å². The first-order valence-electron chi connectivity index (χ1n) is 3.57. The Labute approximate surface area is 148 Å². The van der Waals surface area contributed by atoms with E-state index >= 15 is 0 Å². The predicted molar refractivity (Wildman–Crippen MR) is 47.1 cm³/mol. The maximum Gasteiger partial charge on any atom is 1.00 e. The molecule has 0 radical (unpaired) electrons. The molecular formula is C6H4Na2O8S2. The molecule has 8 nitrogen and oxygen atoms in total. The van der Waals surface area contributed by atoms with Gasteiger partial charge in [0.25, 0.3) is 20.8 Å². The van der Waals surface area contributed by atoms with Crippen molar-refractivity contribution in [2.24, 2.45) is 0 Å². The van der Waals surface area contributed by atoms with Crippen molar-refractivity contribution in [2.75, 3.05) is 0 Å². The Morgan fingerprint density at radius 2 is 1.06 bits per heavy atom. The second-order valence-corrected chi connectivity index (χ2v) is 4.40. The molecule has 0 N–H and O–H groups in total. The smallest absolute Gasteiger partial charge is 0.716 e. The summed E-state index contributed by atoms with van der Waals surface area (Å²) in [5.74, 6) is -1.37. The second-order valence-electron chi connectivity index (χ2n) is 2.43. The van der Waals surface area contributed by atoms with Gasteiger partial charge in [-0.3, -0.25) is 0 Å². The van der Waals surface area contributed by atoms with Crippen molar-refractivity contribution in [3.63, 3.8) is 0 Å². The van der Waals surface area contributed by atoms with Crippen LogP contribution in [-0.2, 0) is 20.8 Å². The zero-order valence-electron chi connectivity index (χ0n) is 9.39. The fraction of sp³-hybridized carbons (Fsp3) is 0. The van der Waals surface area contributed by atoms with Crippen molar-refractivity contribution in [2.45, 2.75) is 0 Å². The van der Waals surface area contributed by atoms with Gasteiger partial charge in [-0.15, -0.1) is 0 Å². The van der Waals surface area contributed by atoms with Crippen LogP contribution in [0.5, 0.6) is 11.5 Å². The maximum atomic E-state index is 10.3. The summed E-state index contributed by atoms with van der Waals surface area (Å²) in [6.45, 7) is 0. The molecule has 0 aliphatic heterocycles. The molecule has 90 valence electrons. The summed E-state index contributed by atoms with van der Waals surface area (Å²) in [7, 11) is -10.2. The molecule has 12 heteroatoms. The summed E-state index contributed by atoms with van der Waals surface area (Å²) in [5, 5.41) is 0. The molecule has 0 heterocycles. The van der Waals surface area contributed by atoms with Crippen LogP contribution in [0.2, 0.25) is 0 Å². The third-order valence-corrected chi connectivity index (χ3v) is 2.00. The molecule has 0 saturated heterocycles. The number of para-hydroxylation sites is 2. The van der Waals surface area contributed by atoms with Gasteiger partial charge in [0.1, 0.15) is 0 Å². The molecule has 0 aromatic heterocycles. The molecule has 1 aromatic carbocycles. The minimum atomic E-state index is -5.08. The quantitative estimate of drug-likeness (QED) is 0.304. The van der Waals surface area contributed by atoms with Crippen molar-refractivity contribution >= 4 is 20.8 Å². The maximum absolute atomic E-state index is 10.3. The Morgan fingerprint density at radius 1 is 0.778 bits per heavy atom. The molecule has 0 spiro atoms. The van der Waals surface area contributed by atoms with Gasteiger partial charge in [-0.05, 0) is 12.1 Å². The Morgan fingerprint density at radius 3 is 1.28 bits per heavy atom. The Bertz CT molecular complexity index is 528. The minimum Gasteiger partial charge on any atom is -0.716 e. The Hall–Kier alpha value is 0.640. The molecule has 0 atom stereocenters. The molecule has 0 bridgehead atoms. The van der Waals surface area contributed by atoms with Gasteiger partial charge in [0.15, 0.2) is 11.5 Å². The van der Waals surface area contributed by atoms with Crippen molar-refractivity contribution < 1.29 is 93.4 Å². The van der Waals surface area contributed by atoms with E-state index in [4.69, 9.17) is 0 Å². The summed E-state index contributed by atoms with van der Waals surface area (Å²) in [6.07, 6.45) is 0. The molecule has 1 aromatic rings. The standard InChI is InChI=1S/C6H6O8S2.2Na/c7-15(8,9)13-5-3-1-2-4-6(5)14-16(10,11)12;;/h1-4H,(H,7,8,9)(H,10,11,12);;/q;2*+1/p-2. The summed E-state index contributed by atoms with van der Waals surface area (Å²) in [6, 6.07) is 4.42. The fourth-order valence-corrected chi connectivity index (χ4v) is 1.52. The van der Waals surface area contributed by atoms with Gasteiger partial charge in [0.2, 0.25) is 0 Å². The molecule has 0 aliphatic rings. The van der Waals surface area contributed by atoms with Crippen LogP contribution in [-0.4, -0.2) is 25.9 Å². The van der Waals surface area contributed by atoms with E-state index in [0.29, 0.717) is 0 Å². The molecule has 1 rings (SSSR count). The number of rotatable bonds is 4. The monoisotopic (exact) mass is 314 g/mol. The first-order chi connectivity index (χ1) is 7.17. The van der Waals surface area contributed by atoms with E-state index in [-0.39, 0.29) is 59.1 Å². The second kappa shape index (κ2) is 8.04. The first kappa shape index (κ1) is 20.9. The predicted octanol–water partition coefficient (Wildman–Crippen LogP) is -6.63. The summed E-state index contributed by atoms with van der Waals surface area (Å²) in [5.41, 5.74) is 0. The third kappa shape index (κ3) is 8.69. The molecule has 0 amide bonds. The van der Waals surface area contributed by atoms with Crippen molar-refractivity contribution in [1.82, 2.24) is 0 Å². The van der Waals surface area contributed by atoms with E-state index in [9.17, 15) is 25.9 Å². The van der Waals surface area contributed by atoms with Crippen molar-refractivity contribution in [3.05, 3.63) is 24.3 Å². The van der Waals surface area contributed by atoms with Crippen molar-refractivity contribution in [1.29, 1.82) is 0 Å². The van der Waals surface area contributed by atoms with Crippen LogP contribution in [0, 0.1) is 0 Å². The molecule has 0 aliphatic carbocycles. The summed E-state index contributed by atoms with van der Waals surface area (Å²) < 4.78 is 69.3. The van der Waals surface area contributed by atoms with Gasteiger partial charge in [0, 0.05) is 0 Å². The van der Waals surface area contributed by atoms with E-state index in [2.05, 4.69) is 8.37 Å². The normalized spacial score (nSPS) is 10.8. The van der Waals surface area contributed by atoms with Gasteiger partial charge in [-0.25, -0.2) is 16.8 Å². The van der Waals surface area contributed by atoms with Gasteiger partial charge in [-0.1, -0.05) is 12.1 Å². The van der Waals surface area contributed by atoms with Gasteiger partial charge in [-0.2, -0.15) is 0 Å². The molecular weight excluding hydrogens is 310 g/mol. The van der Waals surface area contributed by atoms with E-state index in [1.54, 1.807) is 0 Å². The average molecular weight is 314 g/mol. The molecule has 0 unspecified atom stereocenters. The fourth-order valence-electron chi connectivity index (χ4n) is 0.808. The first-order valence-corrected chi connectivity index (χ1v) is 6.24. The van der Waals surface area contributed by atoms with E-state index < -0.39 is 32.3 Å². The van der Waals surface area contributed by atoms with Crippen LogP contribution in [0.25, 0.3) is 0 Å². The van der Waals surface area contributed by atoms with E-state index in [1.165, 1.54) is 12.1 Å². The van der Waals surface area contributed by atoms with Gasteiger partial charge >= 0.3 is 59.1 Å².